The lowest BCUT2D eigenvalue weighted by molar-refractivity contribution is -0.152. The molecule has 1 atom stereocenters. The average Bonchev–Trinajstić information content (AvgIpc) is 2.83. The van der Waals surface area contributed by atoms with Crippen molar-refractivity contribution < 1.29 is 14.3 Å². The number of ether oxygens (including phenoxy) is 1. The summed E-state index contributed by atoms with van der Waals surface area (Å²) >= 11 is 0. The topological polar surface area (TPSA) is 49.9 Å². The van der Waals surface area contributed by atoms with Gasteiger partial charge >= 0.3 is 11.9 Å². The van der Waals surface area contributed by atoms with Crippen LogP contribution in [0.3, 0.4) is 0 Å². The first kappa shape index (κ1) is 15.3. The van der Waals surface area contributed by atoms with E-state index >= 15 is 0 Å². The molecule has 0 spiro atoms. The number of anilines is 2. The average molecular weight is 312 g/mol. The van der Waals surface area contributed by atoms with Crippen LogP contribution in [-0.4, -0.2) is 40.1 Å². The van der Waals surface area contributed by atoms with Crippen molar-refractivity contribution in [2.24, 2.45) is 0 Å². The molecule has 3 rings (SSSR count). The Bertz CT molecular complexity index is 782. The lowest BCUT2D eigenvalue weighted by atomic mass is 9.90. The predicted octanol–water partition coefficient (Wildman–Crippen LogP) is 2.53. The summed E-state index contributed by atoms with van der Waals surface area (Å²) in [6, 6.07) is 9.96. The van der Waals surface area contributed by atoms with Gasteiger partial charge in [0.05, 0.1) is 12.3 Å². The fourth-order valence-corrected chi connectivity index (χ4v) is 3.15. The van der Waals surface area contributed by atoms with E-state index in [1.807, 2.05) is 52.5 Å². The van der Waals surface area contributed by atoms with Crippen LogP contribution in [0.2, 0.25) is 0 Å². The largest absolute Gasteiger partial charge is 0.393 e. The molecular formula is C18H20N2O3. The number of hydrogen-bond donors (Lipinski definition) is 0. The zero-order valence-electron chi connectivity index (χ0n) is 13.8. The molecule has 1 heterocycles. The normalized spacial score (nSPS) is 17.5. The van der Waals surface area contributed by atoms with E-state index in [-0.39, 0.29) is 6.42 Å². The van der Waals surface area contributed by atoms with Gasteiger partial charge in [-0.05, 0) is 23.1 Å². The van der Waals surface area contributed by atoms with Crippen molar-refractivity contribution in [3.8, 4) is 0 Å². The van der Waals surface area contributed by atoms with E-state index in [4.69, 9.17) is 4.74 Å². The summed E-state index contributed by atoms with van der Waals surface area (Å²) in [5.74, 6) is -1.42. The van der Waals surface area contributed by atoms with Gasteiger partial charge in [0, 0.05) is 45.0 Å². The summed E-state index contributed by atoms with van der Waals surface area (Å²) in [4.78, 5) is 27.6. The molecule has 120 valence electrons. The van der Waals surface area contributed by atoms with Crippen LogP contribution in [0.1, 0.15) is 17.9 Å². The molecule has 2 aromatic rings. The number of benzene rings is 2. The Labute approximate surface area is 135 Å². The number of rotatable bonds is 3. The Morgan fingerprint density at radius 2 is 1.61 bits per heavy atom. The fraction of sp³-hybridized carbons (Fsp3) is 0.333. The van der Waals surface area contributed by atoms with Gasteiger partial charge in [-0.2, -0.15) is 0 Å². The molecule has 1 fully saturated rings. The zero-order valence-corrected chi connectivity index (χ0v) is 13.8. The number of carbonyl (C=O) groups is 2. The van der Waals surface area contributed by atoms with Crippen molar-refractivity contribution in [2.45, 2.75) is 12.3 Å². The number of nitrogens with zero attached hydrogens (tertiary/aromatic N) is 2. The SMILES string of the molecule is CN(C)c1cccc2c(C3CC(=O)OC3=O)ccc(N(C)C)c12. The van der Waals surface area contributed by atoms with E-state index in [0.29, 0.717) is 0 Å². The first-order valence-electron chi connectivity index (χ1n) is 7.55. The van der Waals surface area contributed by atoms with Crippen molar-refractivity contribution in [3.05, 3.63) is 35.9 Å². The van der Waals surface area contributed by atoms with Crippen molar-refractivity contribution >= 4 is 34.1 Å². The smallest absolute Gasteiger partial charge is 0.321 e. The Morgan fingerprint density at radius 3 is 2.17 bits per heavy atom. The second-order valence-corrected chi connectivity index (χ2v) is 6.21. The number of esters is 2. The van der Waals surface area contributed by atoms with Crippen molar-refractivity contribution in [1.82, 2.24) is 0 Å². The molecule has 0 aromatic heterocycles. The summed E-state index contributed by atoms with van der Waals surface area (Å²) in [5.41, 5.74) is 3.00. The van der Waals surface area contributed by atoms with E-state index in [1.165, 1.54) is 0 Å². The maximum atomic E-state index is 12.0. The third-order valence-electron chi connectivity index (χ3n) is 4.24. The molecule has 1 unspecified atom stereocenters. The minimum Gasteiger partial charge on any atom is -0.393 e. The highest BCUT2D eigenvalue weighted by molar-refractivity contribution is 6.08. The molecule has 1 aliphatic rings. The lowest BCUT2D eigenvalue weighted by Gasteiger charge is -2.23. The van der Waals surface area contributed by atoms with Crippen LogP contribution in [0.4, 0.5) is 11.4 Å². The molecule has 0 aliphatic carbocycles. The van der Waals surface area contributed by atoms with Crippen molar-refractivity contribution in [3.63, 3.8) is 0 Å². The second-order valence-electron chi connectivity index (χ2n) is 6.21. The zero-order chi connectivity index (χ0) is 16.7. The molecule has 23 heavy (non-hydrogen) atoms. The van der Waals surface area contributed by atoms with E-state index in [2.05, 4.69) is 15.9 Å². The van der Waals surface area contributed by atoms with Crippen LogP contribution >= 0.6 is 0 Å². The van der Waals surface area contributed by atoms with E-state index in [1.54, 1.807) is 0 Å². The van der Waals surface area contributed by atoms with Crippen molar-refractivity contribution in [1.29, 1.82) is 0 Å². The Hall–Kier alpha value is -2.56. The van der Waals surface area contributed by atoms with Crippen LogP contribution in [0, 0.1) is 0 Å². The summed E-state index contributed by atoms with van der Waals surface area (Å²) < 4.78 is 4.73. The monoisotopic (exact) mass is 312 g/mol. The van der Waals surface area contributed by atoms with Gasteiger partial charge in [0.1, 0.15) is 0 Å². The second kappa shape index (κ2) is 5.57. The highest BCUT2D eigenvalue weighted by Gasteiger charge is 2.36. The van der Waals surface area contributed by atoms with E-state index in [9.17, 15) is 9.59 Å². The first-order chi connectivity index (χ1) is 10.9. The molecule has 0 N–H and O–H groups in total. The Balaban J connectivity index is 2.30. The minimum atomic E-state index is -0.515. The van der Waals surface area contributed by atoms with Gasteiger partial charge in [0.2, 0.25) is 0 Å². The van der Waals surface area contributed by atoms with Gasteiger partial charge < -0.3 is 14.5 Å². The third-order valence-corrected chi connectivity index (χ3v) is 4.24. The van der Waals surface area contributed by atoms with Gasteiger partial charge in [0.25, 0.3) is 0 Å². The Morgan fingerprint density at radius 1 is 0.957 bits per heavy atom. The predicted molar refractivity (Wildman–Crippen MR) is 91.1 cm³/mol. The Kier molecular flexibility index (Phi) is 3.72. The van der Waals surface area contributed by atoms with Gasteiger partial charge in [-0.25, -0.2) is 0 Å². The summed E-state index contributed by atoms with van der Waals surface area (Å²) in [5, 5.41) is 2.06. The highest BCUT2D eigenvalue weighted by Crippen LogP contribution is 2.40. The molecule has 1 aliphatic heterocycles. The number of cyclic esters (lactones) is 2. The summed E-state index contributed by atoms with van der Waals surface area (Å²) in [7, 11) is 7.98. The lowest BCUT2D eigenvalue weighted by Crippen LogP contribution is -2.14. The van der Waals surface area contributed by atoms with Crippen LogP contribution < -0.4 is 9.80 Å². The molecule has 0 saturated carbocycles. The van der Waals surface area contributed by atoms with Crippen LogP contribution in [0.5, 0.6) is 0 Å². The van der Waals surface area contributed by atoms with E-state index in [0.717, 1.165) is 27.7 Å². The fourth-order valence-electron chi connectivity index (χ4n) is 3.15. The molecule has 2 aromatic carbocycles. The quantitative estimate of drug-likeness (QED) is 0.644. The maximum Gasteiger partial charge on any atom is 0.321 e. The molecular weight excluding hydrogens is 292 g/mol. The number of carbonyl (C=O) groups excluding carboxylic acids is 2. The summed E-state index contributed by atoms with van der Waals surface area (Å²) in [6.45, 7) is 0. The molecule has 0 radical (unpaired) electrons. The summed E-state index contributed by atoms with van der Waals surface area (Å²) in [6.07, 6.45) is 0.113. The van der Waals surface area contributed by atoms with Crippen molar-refractivity contribution in [2.75, 3.05) is 38.0 Å². The van der Waals surface area contributed by atoms with Gasteiger partial charge in [-0.15, -0.1) is 0 Å². The van der Waals surface area contributed by atoms with Crippen LogP contribution in [-0.2, 0) is 14.3 Å². The number of fused-ring (bicyclic) bond motifs is 1. The molecule has 1 saturated heterocycles. The highest BCUT2D eigenvalue weighted by atomic mass is 16.6. The first-order valence-corrected chi connectivity index (χ1v) is 7.55. The van der Waals surface area contributed by atoms with Gasteiger partial charge in [-0.3, -0.25) is 9.59 Å². The van der Waals surface area contributed by atoms with Crippen LogP contribution in [0.15, 0.2) is 30.3 Å². The minimum absolute atomic E-state index is 0.113. The molecule has 5 heteroatoms. The standard InChI is InChI=1S/C18H20N2O3/c1-19(2)14-7-5-6-12-11(13-10-16(21)23-18(13)22)8-9-15(17(12)14)20(3)4/h5-9,13H,10H2,1-4H3. The van der Waals surface area contributed by atoms with E-state index < -0.39 is 17.9 Å². The third kappa shape index (κ3) is 2.52. The number of hydrogen-bond acceptors (Lipinski definition) is 5. The maximum absolute atomic E-state index is 12.0. The molecule has 0 bridgehead atoms. The molecule has 5 nitrogen and oxygen atoms in total. The van der Waals surface area contributed by atoms with Gasteiger partial charge in [-0.1, -0.05) is 18.2 Å². The van der Waals surface area contributed by atoms with Crippen LogP contribution in [0.25, 0.3) is 10.8 Å². The molecule has 0 amide bonds. The van der Waals surface area contributed by atoms with Gasteiger partial charge in [0.15, 0.2) is 0 Å².